The number of amides is 1. The zero-order valence-electron chi connectivity index (χ0n) is 17.4. The molecule has 5 rings (SSSR count). The van der Waals surface area contributed by atoms with Gasteiger partial charge in [-0.15, -0.1) is 0 Å². The van der Waals surface area contributed by atoms with Crippen LogP contribution in [0.25, 0.3) is 11.6 Å². The summed E-state index contributed by atoms with van der Waals surface area (Å²) < 4.78 is 5.66. The number of benzene rings is 1. The van der Waals surface area contributed by atoms with Gasteiger partial charge in [-0.3, -0.25) is 4.79 Å². The average molecular weight is 405 g/mol. The van der Waals surface area contributed by atoms with Gasteiger partial charge >= 0.3 is 0 Å². The molecule has 6 heteroatoms. The number of anilines is 1. The second kappa shape index (κ2) is 8.19. The third kappa shape index (κ3) is 4.24. The molecule has 1 aromatic heterocycles. The fourth-order valence-electron chi connectivity index (χ4n) is 4.17. The molecule has 3 aliphatic rings. The van der Waals surface area contributed by atoms with Crippen molar-refractivity contribution in [3.63, 3.8) is 0 Å². The molecule has 1 unspecified atom stereocenters. The monoisotopic (exact) mass is 404 g/mol. The number of aromatic nitrogens is 2. The molecule has 2 heterocycles. The van der Waals surface area contributed by atoms with Gasteiger partial charge in [-0.1, -0.05) is 6.07 Å². The maximum absolute atomic E-state index is 12.5. The van der Waals surface area contributed by atoms with E-state index in [1.54, 1.807) is 0 Å². The van der Waals surface area contributed by atoms with Crippen molar-refractivity contribution in [2.24, 2.45) is 0 Å². The minimum absolute atomic E-state index is 0.0286. The van der Waals surface area contributed by atoms with Crippen LogP contribution in [0.4, 0.5) is 5.95 Å². The second-order valence-electron chi connectivity index (χ2n) is 8.56. The molecule has 156 valence electrons. The number of nitrogens with zero attached hydrogens (tertiary/aromatic N) is 2. The molecule has 1 aliphatic heterocycles. The van der Waals surface area contributed by atoms with Crippen LogP contribution in [-0.2, 0) is 11.2 Å². The number of fused-ring (bicyclic) bond motifs is 1. The smallest absolute Gasteiger partial charge is 0.251 e. The number of rotatable bonds is 6. The maximum Gasteiger partial charge on any atom is 0.251 e. The first-order valence-corrected chi connectivity index (χ1v) is 11.0. The molecule has 30 heavy (non-hydrogen) atoms. The number of allylic oxidation sites excluding steroid dienone is 1. The van der Waals surface area contributed by atoms with Gasteiger partial charge < -0.3 is 15.4 Å². The highest BCUT2D eigenvalue weighted by molar-refractivity contribution is 5.96. The quantitative estimate of drug-likeness (QED) is 0.767. The first-order valence-electron chi connectivity index (χ1n) is 11.0. The molecule has 2 aromatic rings. The average Bonchev–Trinajstić information content (AvgIpc) is 3.42. The summed E-state index contributed by atoms with van der Waals surface area (Å²) in [6.07, 6.45) is 10.5. The van der Waals surface area contributed by atoms with Gasteiger partial charge in [0.25, 0.3) is 5.91 Å². The lowest BCUT2D eigenvalue weighted by Gasteiger charge is -2.19. The van der Waals surface area contributed by atoms with Crippen molar-refractivity contribution in [3.8, 4) is 0 Å². The van der Waals surface area contributed by atoms with Crippen molar-refractivity contribution in [2.75, 3.05) is 18.5 Å². The Morgan fingerprint density at radius 1 is 1.23 bits per heavy atom. The van der Waals surface area contributed by atoms with Crippen LogP contribution in [0.1, 0.15) is 64.8 Å². The third-order valence-electron chi connectivity index (χ3n) is 6.13. The highest BCUT2D eigenvalue weighted by Crippen LogP contribution is 2.32. The van der Waals surface area contributed by atoms with Crippen molar-refractivity contribution in [1.29, 1.82) is 0 Å². The Labute approximate surface area is 177 Å². The Bertz CT molecular complexity index is 991. The molecule has 2 N–H and O–H groups in total. The van der Waals surface area contributed by atoms with Gasteiger partial charge in [-0.25, -0.2) is 9.97 Å². The Morgan fingerprint density at radius 2 is 2.13 bits per heavy atom. The molecule has 2 aliphatic carbocycles. The number of hydrogen-bond acceptors (Lipinski definition) is 5. The number of nitrogens with one attached hydrogen (secondary N) is 2. The van der Waals surface area contributed by atoms with E-state index in [1.165, 1.54) is 11.1 Å². The van der Waals surface area contributed by atoms with E-state index >= 15 is 0 Å². The van der Waals surface area contributed by atoms with Crippen LogP contribution in [0.5, 0.6) is 0 Å². The lowest BCUT2D eigenvalue weighted by molar-refractivity contribution is 0.0951. The predicted molar refractivity (Wildman–Crippen MR) is 117 cm³/mol. The van der Waals surface area contributed by atoms with E-state index in [1.807, 2.05) is 24.4 Å². The summed E-state index contributed by atoms with van der Waals surface area (Å²) in [5, 5.41) is 6.40. The van der Waals surface area contributed by atoms with Gasteiger partial charge in [0.2, 0.25) is 5.95 Å². The summed E-state index contributed by atoms with van der Waals surface area (Å²) in [4.78, 5) is 21.7. The van der Waals surface area contributed by atoms with Gasteiger partial charge in [-0.05, 0) is 80.4 Å². The fraction of sp³-hybridized carbons (Fsp3) is 0.458. The van der Waals surface area contributed by atoms with Gasteiger partial charge in [0.15, 0.2) is 0 Å². The van der Waals surface area contributed by atoms with Crippen LogP contribution in [0.15, 0.2) is 24.4 Å². The normalized spacial score (nSPS) is 20.4. The van der Waals surface area contributed by atoms with E-state index in [0.29, 0.717) is 12.0 Å². The second-order valence-corrected chi connectivity index (χ2v) is 8.56. The zero-order chi connectivity index (χ0) is 20.5. The molecule has 1 saturated carbocycles. The third-order valence-corrected chi connectivity index (χ3v) is 6.13. The summed E-state index contributed by atoms with van der Waals surface area (Å²) in [5.74, 6) is 0.705. The van der Waals surface area contributed by atoms with E-state index in [2.05, 4.69) is 28.6 Å². The largest absolute Gasteiger partial charge is 0.376 e. The van der Waals surface area contributed by atoms with Crippen molar-refractivity contribution in [3.05, 3.63) is 52.3 Å². The molecule has 2 fully saturated rings. The summed E-state index contributed by atoms with van der Waals surface area (Å²) in [7, 11) is 0. The van der Waals surface area contributed by atoms with E-state index in [0.717, 1.165) is 74.1 Å². The zero-order valence-corrected chi connectivity index (χ0v) is 17.4. The van der Waals surface area contributed by atoms with Crippen molar-refractivity contribution < 1.29 is 9.53 Å². The number of ether oxygens (including phenoxy) is 1. The number of carbonyl (C=O) groups excluding carboxylic acids is 1. The van der Waals surface area contributed by atoms with E-state index in [4.69, 9.17) is 9.72 Å². The number of aryl methyl sites for hydroxylation is 2. The molecule has 0 radical (unpaired) electrons. The topological polar surface area (TPSA) is 76.1 Å². The fourth-order valence-corrected chi connectivity index (χ4v) is 4.17. The highest BCUT2D eigenvalue weighted by Gasteiger charge is 2.24. The van der Waals surface area contributed by atoms with E-state index in [9.17, 15) is 4.79 Å². The molecule has 0 spiro atoms. The molecule has 1 saturated heterocycles. The van der Waals surface area contributed by atoms with Crippen LogP contribution >= 0.6 is 0 Å². The highest BCUT2D eigenvalue weighted by atomic mass is 16.5. The summed E-state index contributed by atoms with van der Waals surface area (Å²) in [6.45, 7) is 3.71. The molecular formula is C24H28N4O2. The Morgan fingerprint density at radius 3 is 2.93 bits per heavy atom. The predicted octanol–water partition coefficient (Wildman–Crippen LogP) is 3.75. The minimum Gasteiger partial charge on any atom is -0.376 e. The Kier molecular flexibility index (Phi) is 5.25. The van der Waals surface area contributed by atoms with Crippen LogP contribution in [0.3, 0.4) is 0 Å². The van der Waals surface area contributed by atoms with Crippen LogP contribution in [0, 0.1) is 6.92 Å². The Hall–Kier alpha value is -2.73. The molecular weight excluding hydrogens is 376 g/mol. The van der Waals surface area contributed by atoms with Gasteiger partial charge in [0.1, 0.15) is 0 Å². The van der Waals surface area contributed by atoms with Gasteiger partial charge in [0, 0.05) is 36.5 Å². The SMILES string of the molecule is Cc1ccc(C(=O)NC2CC2)cc1C1=Cc2cnc(NCC3CCCO3)nc2CC1. The first-order chi connectivity index (χ1) is 14.7. The lowest BCUT2D eigenvalue weighted by atomic mass is 9.89. The van der Waals surface area contributed by atoms with Crippen molar-refractivity contribution in [2.45, 2.75) is 57.6 Å². The van der Waals surface area contributed by atoms with Crippen LogP contribution in [-0.4, -0.2) is 41.2 Å². The number of carbonyl (C=O) groups is 1. The standard InChI is InChI=1S/C24H28N4O2/c1-15-4-5-17(23(29)27-19-7-8-19)12-21(15)16-6-9-22-18(11-16)13-25-24(28-22)26-14-20-3-2-10-30-20/h4-5,11-13,19-20H,2-3,6-10,14H2,1H3,(H,27,29)(H,25,26,28). The van der Waals surface area contributed by atoms with Gasteiger partial charge in [0.05, 0.1) is 11.8 Å². The summed E-state index contributed by atoms with van der Waals surface area (Å²) in [5.41, 5.74) is 6.44. The van der Waals surface area contributed by atoms with Crippen molar-refractivity contribution >= 4 is 23.5 Å². The summed E-state index contributed by atoms with van der Waals surface area (Å²) in [6, 6.07) is 6.36. The van der Waals surface area contributed by atoms with E-state index < -0.39 is 0 Å². The maximum atomic E-state index is 12.5. The van der Waals surface area contributed by atoms with Crippen LogP contribution in [0.2, 0.25) is 0 Å². The molecule has 6 nitrogen and oxygen atoms in total. The lowest BCUT2D eigenvalue weighted by Crippen LogP contribution is -2.25. The molecule has 0 bridgehead atoms. The Balaban J connectivity index is 1.33. The molecule has 1 amide bonds. The molecule has 1 aromatic carbocycles. The molecule has 1 atom stereocenters. The summed E-state index contributed by atoms with van der Waals surface area (Å²) >= 11 is 0. The van der Waals surface area contributed by atoms with Crippen LogP contribution < -0.4 is 10.6 Å². The minimum atomic E-state index is 0.0286. The van der Waals surface area contributed by atoms with E-state index in [-0.39, 0.29) is 12.0 Å². The first kappa shape index (κ1) is 19.2. The van der Waals surface area contributed by atoms with Gasteiger partial charge in [-0.2, -0.15) is 0 Å². The number of hydrogen-bond donors (Lipinski definition) is 2. The van der Waals surface area contributed by atoms with Crippen molar-refractivity contribution in [1.82, 2.24) is 15.3 Å².